The molecule has 0 spiro atoms. The molecule has 1 nitrogen and oxygen atoms in total. The summed E-state index contributed by atoms with van der Waals surface area (Å²) in [6, 6.07) is 0. The number of nitrogens with one attached hydrogen (secondary N) is 1. The standard InChI is InChI=1S/C10H13N/c1-8(2)6-10-7-11-5-4-9(10)3/h4-6,11H,1,3,7H2,2H3/b10-6-. The second-order valence-electron chi connectivity index (χ2n) is 2.76. The summed E-state index contributed by atoms with van der Waals surface area (Å²) in [5.74, 6) is 0. The van der Waals surface area contributed by atoms with Crippen LogP contribution in [0.4, 0.5) is 0 Å². The Bertz CT molecular complexity index is 244. The van der Waals surface area contributed by atoms with Crippen LogP contribution in [-0.2, 0) is 0 Å². The minimum Gasteiger partial charge on any atom is -0.387 e. The summed E-state index contributed by atoms with van der Waals surface area (Å²) in [5.41, 5.74) is 3.37. The third-order valence-corrected chi connectivity index (χ3v) is 1.53. The van der Waals surface area contributed by atoms with Crippen LogP contribution in [0.1, 0.15) is 6.92 Å². The predicted molar refractivity (Wildman–Crippen MR) is 49.2 cm³/mol. The van der Waals surface area contributed by atoms with Crippen LogP contribution in [-0.4, -0.2) is 6.54 Å². The number of rotatable bonds is 1. The Labute approximate surface area is 67.8 Å². The topological polar surface area (TPSA) is 12.0 Å². The zero-order valence-corrected chi connectivity index (χ0v) is 6.85. The molecule has 0 saturated heterocycles. The van der Waals surface area contributed by atoms with Gasteiger partial charge in [0.2, 0.25) is 0 Å². The van der Waals surface area contributed by atoms with Crippen LogP contribution in [0.5, 0.6) is 0 Å². The molecule has 0 aliphatic carbocycles. The van der Waals surface area contributed by atoms with Crippen molar-refractivity contribution in [2.24, 2.45) is 0 Å². The Hall–Kier alpha value is -1.24. The number of allylic oxidation sites excluding steroid dienone is 3. The molecule has 0 fully saturated rings. The van der Waals surface area contributed by atoms with Crippen LogP contribution in [0.3, 0.4) is 0 Å². The molecule has 1 heterocycles. The average molecular weight is 147 g/mol. The summed E-state index contributed by atoms with van der Waals surface area (Å²) >= 11 is 0. The van der Waals surface area contributed by atoms with E-state index in [1.54, 1.807) is 0 Å². The molecular formula is C10H13N. The van der Waals surface area contributed by atoms with Crippen LogP contribution in [0.15, 0.2) is 48.2 Å². The summed E-state index contributed by atoms with van der Waals surface area (Å²) in [5, 5.41) is 3.12. The van der Waals surface area contributed by atoms with Gasteiger partial charge in [0.15, 0.2) is 0 Å². The van der Waals surface area contributed by atoms with E-state index in [4.69, 9.17) is 0 Å². The van der Waals surface area contributed by atoms with E-state index in [2.05, 4.69) is 24.6 Å². The summed E-state index contributed by atoms with van der Waals surface area (Å²) in [7, 11) is 0. The fourth-order valence-electron chi connectivity index (χ4n) is 0.990. The minimum atomic E-state index is 0.863. The van der Waals surface area contributed by atoms with Crippen molar-refractivity contribution in [1.82, 2.24) is 5.32 Å². The van der Waals surface area contributed by atoms with Gasteiger partial charge in [0.25, 0.3) is 0 Å². The van der Waals surface area contributed by atoms with E-state index in [0.717, 1.165) is 17.7 Å². The fourth-order valence-corrected chi connectivity index (χ4v) is 0.990. The molecule has 1 heteroatoms. The van der Waals surface area contributed by atoms with Crippen LogP contribution in [0.25, 0.3) is 0 Å². The lowest BCUT2D eigenvalue weighted by Gasteiger charge is -2.12. The van der Waals surface area contributed by atoms with Gasteiger partial charge in [-0.05, 0) is 30.3 Å². The van der Waals surface area contributed by atoms with Crippen molar-refractivity contribution in [1.29, 1.82) is 0 Å². The maximum Gasteiger partial charge on any atom is 0.0401 e. The Morgan fingerprint density at radius 2 is 2.45 bits per heavy atom. The van der Waals surface area contributed by atoms with Gasteiger partial charge in [0.1, 0.15) is 0 Å². The van der Waals surface area contributed by atoms with E-state index in [1.807, 2.05) is 19.2 Å². The normalized spacial score (nSPS) is 20.1. The zero-order valence-electron chi connectivity index (χ0n) is 6.85. The molecule has 0 bridgehead atoms. The molecule has 0 saturated carbocycles. The molecule has 0 atom stereocenters. The first-order valence-corrected chi connectivity index (χ1v) is 3.65. The van der Waals surface area contributed by atoms with Crippen LogP contribution >= 0.6 is 0 Å². The summed E-state index contributed by atoms with van der Waals surface area (Å²) in [6.07, 6.45) is 5.94. The van der Waals surface area contributed by atoms with Crippen molar-refractivity contribution in [2.75, 3.05) is 6.54 Å². The smallest absolute Gasteiger partial charge is 0.0401 e. The maximum atomic E-state index is 3.91. The maximum absolute atomic E-state index is 3.91. The van der Waals surface area contributed by atoms with Crippen LogP contribution in [0.2, 0.25) is 0 Å². The van der Waals surface area contributed by atoms with Gasteiger partial charge in [-0.15, -0.1) is 0 Å². The van der Waals surface area contributed by atoms with Gasteiger partial charge in [-0.25, -0.2) is 0 Å². The number of hydrogen-bond acceptors (Lipinski definition) is 1. The quantitative estimate of drug-likeness (QED) is 0.599. The molecule has 0 aromatic carbocycles. The van der Waals surface area contributed by atoms with E-state index < -0.39 is 0 Å². The van der Waals surface area contributed by atoms with E-state index in [9.17, 15) is 0 Å². The van der Waals surface area contributed by atoms with Crippen molar-refractivity contribution in [3.05, 3.63) is 48.2 Å². The molecule has 0 aromatic heterocycles. The lowest BCUT2D eigenvalue weighted by Crippen LogP contribution is -2.14. The highest BCUT2D eigenvalue weighted by Crippen LogP contribution is 2.13. The van der Waals surface area contributed by atoms with Gasteiger partial charge in [-0.3, -0.25) is 0 Å². The molecular weight excluding hydrogens is 134 g/mol. The van der Waals surface area contributed by atoms with Crippen LogP contribution < -0.4 is 5.32 Å². The zero-order chi connectivity index (χ0) is 8.27. The summed E-state index contributed by atoms with van der Waals surface area (Å²) < 4.78 is 0. The minimum absolute atomic E-state index is 0.863. The van der Waals surface area contributed by atoms with Gasteiger partial charge in [0.05, 0.1) is 0 Å². The molecule has 0 amide bonds. The molecule has 0 radical (unpaired) electrons. The van der Waals surface area contributed by atoms with Gasteiger partial charge in [0, 0.05) is 6.54 Å². The van der Waals surface area contributed by atoms with Crippen molar-refractivity contribution < 1.29 is 0 Å². The molecule has 11 heavy (non-hydrogen) atoms. The van der Waals surface area contributed by atoms with Crippen molar-refractivity contribution in [3.8, 4) is 0 Å². The second-order valence-corrected chi connectivity index (χ2v) is 2.76. The largest absolute Gasteiger partial charge is 0.387 e. The van der Waals surface area contributed by atoms with Crippen molar-refractivity contribution in [2.45, 2.75) is 6.92 Å². The monoisotopic (exact) mass is 147 g/mol. The van der Waals surface area contributed by atoms with Gasteiger partial charge in [-0.2, -0.15) is 0 Å². The van der Waals surface area contributed by atoms with Crippen LogP contribution in [0, 0.1) is 0 Å². The summed E-state index contributed by atoms with van der Waals surface area (Å²) in [4.78, 5) is 0. The van der Waals surface area contributed by atoms with Crippen molar-refractivity contribution in [3.63, 3.8) is 0 Å². The molecule has 1 N–H and O–H groups in total. The second kappa shape index (κ2) is 3.24. The lowest BCUT2D eigenvalue weighted by atomic mass is 10.0. The third kappa shape index (κ3) is 2.11. The predicted octanol–water partition coefficient (Wildman–Crippen LogP) is 2.16. The highest BCUT2D eigenvalue weighted by molar-refractivity contribution is 5.43. The number of hydrogen-bond donors (Lipinski definition) is 1. The van der Waals surface area contributed by atoms with E-state index >= 15 is 0 Å². The highest BCUT2D eigenvalue weighted by Gasteiger charge is 2.02. The molecule has 0 unspecified atom stereocenters. The Balaban J connectivity index is 2.81. The third-order valence-electron chi connectivity index (χ3n) is 1.53. The first-order chi connectivity index (χ1) is 5.20. The Kier molecular flexibility index (Phi) is 2.32. The van der Waals surface area contributed by atoms with Gasteiger partial charge >= 0.3 is 0 Å². The fraction of sp³-hybridized carbons (Fsp3) is 0.200. The van der Waals surface area contributed by atoms with Gasteiger partial charge < -0.3 is 5.32 Å². The van der Waals surface area contributed by atoms with Gasteiger partial charge in [-0.1, -0.05) is 24.8 Å². The Morgan fingerprint density at radius 1 is 1.73 bits per heavy atom. The van der Waals surface area contributed by atoms with E-state index in [0.29, 0.717) is 0 Å². The molecule has 1 rings (SSSR count). The average Bonchev–Trinajstić information content (AvgIpc) is 1.93. The first-order valence-electron chi connectivity index (χ1n) is 3.65. The molecule has 1 aliphatic rings. The lowest BCUT2D eigenvalue weighted by molar-refractivity contribution is 0.923. The summed E-state index contributed by atoms with van der Waals surface area (Å²) in [6.45, 7) is 10.6. The highest BCUT2D eigenvalue weighted by atomic mass is 14.8. The van der Waals surface area contributed by atoms with E-state index in [1.165, 1.54) is 5.57 Å². The SMILES string of the molecule is C=C(C)/C=C1/CNC=CC1=C. The van der Waals surface area contributed by atoms with Crippen molar-refractivity contribution >= 4 is 0 Å². The Morgan fingerprint density at radius 3 is 3.00 bits per heavy atom. The molecule has 1 aliphatic heterocycles. The van der Waals surface area contributed by atoms with E-state index in [-0.39, 0.29) is 0 Å². The molecule has 0 aromatic rings. The first kappa shape index (κ1) is 7.86. The molecule has 58 valence electrons.